The van der Waals surface area contributed by atoms with E-state index in [4.69, 9.17) is 4.74 Å². The molecular formula is C16H13NO3S. The summed E-state index contributed by atoms with van der Waals surface area (Å²) in [6.07, 6.45) is 1.57. The SMILES string of the molecule is O=COc1nccs1.c1ccc(Oc2ccccc2)cc1. The van der Waals surface area contributed by atoms with Gasteiger partial charge < -0.3 is 9.47 Å². The fraction of sp³-hybridized carbons (Fsp3) is 0. The largest absolute Gasteiger partial charge is 0.457 e. The first-order valence-corrected chi connectivity index (χ1v) is 7.04. The van der Waals surface area contributed by atoms with Crippen LogP contribution >= 0.6 is 11.3 Å². The number of aromatic nitrogens is 1. The number of carbonyl (C=O) groups excluding carboxylic acids is 1. The standard InChI is InChI=1S/C12H10O.C4H3NO2S/c1-3-7-11(8-4-1)13-12-9-5-2-6-10-12;6-3-7-4-5-1-2-8-4/h1-10H;1-3H. The molecule has 0 aliphatic carbocycles. The number of hydrogen-bond acceptors (Lipinski definition) is 5. The molecule has 0 unspecified atom stereocenters. The van der Waals surface area contributed by atoms with Crippen molar-refractivity contribution < 1.29 is 14.3 Å². The minimum atomic E-state index is 0.360. The Morgan fingerprint density at radius 1 is 0.905 bits per heavy atom. The summed E-state index contributed by atoms with van der Waals surface area (Å²) < 4.78 is 9.95. The second-order valence-electron chi connectivity index (χ2n) is 3.74. The van der Waals surface area contributed by atoms with Crippen molar-refractivity contribution in [1.29, 1.82) is 0 Å². The van der Waals surface area contributed by atoms with Crippen molar-refractivity contribution in [2.45, 2.75) is 0 Å². The van der Waals surface area contributed by atoms with Crippen molar-refractivity contribution in [1.82, 2.24) is 4.98 Å². The van der Waals surface area contributed by atoms with Gasteiger partial charge >= 0.3 is 0 Å². The second-order valence-corrected chi connectivity index (χ2v) is 4.60. The van der Waals surface area contributed by atoms with Crippen LogP contribution in [0.4, 0.5) is 0 Å². The highest BCUT2D eigenvalue weighted by molar-refractivity contribution is 7.11. The zero-order valence-corrected chi connectivity index (χ0v) is 11.9. The van der Waals surface area contributed by atoms with E-state index in [-0.39, 0.29) is 0 Å². The molecule has 5 heteroatoms. The summed E-state index contributed by atoms with van der Waals surface area (Å²) >= 11 is 1.28. The number of rotatable bonds is 4. The molecule has 106 valence electrons. The zero-order chi connectivity index (χ0) is 14.8. The van der Waals surface area contributed by atoms with E-state index in [1.165, 1.54) is 11.3 Å². The third kappa shape index (κ3) is 5.46. The summed E-state index contributed by atoms with van der Waals surface area (Å²) in [6, 6.07) is 19.5. The number of hydrogen-bond donors (Lipinski definition) is 0. The van der Waals surface area contributed by atoms with E-state index in [9.17, 15) is 4.79 Å². The molecule has 0 saturated carbocycles. The Hall–Kier alpha value is -2.66. The maximum atomic E-state index is 9.62. The molecule has 0 N–H and O–H groups in total. The first kappa shape index (κ1) is 14.7. The first-order chi connectivity index (χ1) is 10.4. The lowest BCUT2D eigenvalue weighted by atomic mass is 10.3. The van der Waals surface area contributed by atoms with Gasteiger partial charge in [0.2, 0.25) is 0 Å². The molecule has 4 nitrogen and oxygen atoms in total. The minimum absolute atomic E-state index is 0.360. The van der Waals surface area contributed by atoms with E-state index in [0.717, 1.165) is 11.5 Å². The highest BCUT2D eigenvalue weighted by atomic mass is 32.1. The second kappa shape index (κ2) is 8.50. The molecule has 21 heavy (non-hydrogen) atoms. The molecule has 2 aromatic carbocycles. The van der Waals surface area contributed by atoms with Gasteiger partial charge in [-0.2, -0.15) is 0 Å². The van der Waals surface area contributed by atoms with Gasteiger partial charge in [-0.3, -0.25) is 4.79 Å². The number of nitrogens with zero attached hydrogens (tertiary/aromatic N) is 1. The van der Waals surface area contributed by atoms with Crippen LogP contribution in [0.3, 0.4) is 0 Å². The van der Waals surface area contributed by atoms with Crippen LogP contribution in [-0.4, -0.2) is 11.5 Å². The van der Waals surface area contributed by atoms with Gasteiger partial charge in [-0.1, -0.05) is 47.7 Å². The predicted molar refractivity (Wildman–Crippen MR) is 81.8 cm³/mol. The normalized spacial score (nSPS) is 9.14. The number of carbonyl (C=O) groups is 1. The Morgan fingerprint density at radius 2 is 1.48 bits per heavy atom. The van der Waals surface area contributed by atoms with Gasteiger partial charge in [0, 0.05) is 11.6 Å². The molecule has 0 amide bonds. The number of para-hydroxylation sites is 2. The van der Waals surface area contributed by atoms with Crippen LogP contribution in [0.1, 0.15) is 0 Å². The molecule has 0 aliphatic heterocycles. The monoisotopic (exact) mass is 299 g/mol. The molecule has 0 atom stereocenters. The summed E-state index contributed by atoms with van der Waals surface area (Å²) in [5.74, 6) is 1.74. The van der Waals surface area contributed by atoms with Crippen LogP contribution in [0.15, 0.2) is 72.2 Å². The van der Waals surface area contributed by atoms with E-state index < -0.39 is 0 Å². The highest BCUT2D eigenvalue weighted by Crippen LogP contribution is 2.19. The van der Waals surface area contributed by atoms with E-state index in [0.29, 0.717) is 11.7 Å². The Balaban J connectivity index is 0.000000173. The van der Waals surface area contributed by atoms with E-state index in [1.54, 1.807) is 11.6 Å². The van der Waals surface area contributed by atoms with Gasteiger partial charge in [-0.15, -0.1) is 0 Å². The van der Waals surface area contributed by atoms with Crippen molar-refractivity contribution in [2.75, 3.05) is 0 Å². The molecule has 0 spiro atoms. The summed E-state index contributed by atoms with van der Waals surface area (Å²) in [5, 5.41) is 2.12. The van der Waals surface area contributed by atoms with Gasteiger partial charge in [0.15, 0.2) is 0 Å². The number of thiazole rings is 1. The minimum Gasteiger partial charge on any atom is -0.457 e. The maximum Gasteiger partial charge on any atom is 0.300 e. The summed E-state index contributed by atoms with van der Waals surface area (Å²) in [6.45, 7) is 0.360. The average molecular weight is 299 g/mol. The molecule has 3 aromatic rings. The average Bonchev–Trinajstić information content (AvgIpc) is 3.04. The molecule has 0 fully saturated rings. The number of benzene rings is 2. The third-order valence-corrected chi connectivity index (χ3v) is 2.94. The van der Waals surface area contributed by atoms with Crippen molar-refractivity contribution in [3.05, 3.63) is 72.2 Å². The molecule has 0 saturated heterocycles. The van der Waals surface area contributed by atoms with Gasteiger partial charge in [-0.25, -0.2) is 4.98 Å². The Kier molecular flexibility index (Phi) is 5.97. The number of ether oxygens (including phenoxy) is 2. The van der Waals surface area contributed by atoms with Gasteiger partial charge in [0.25, 0.3) is 11.7 Å². The molecule has 3 rings (SSSR count). The van der Waals surface area contributed by atoms with Crippen molar-refractivity contribution >= 4 is 17.8 Å². The lowest BCUT2D eigenvalue weighted by molar-refractivity contribution is -0.120. The Labute approximate surface area is 126 Å². The Morgan fingerprint density at radius 3 is 1.90 bits per heavy atom. The first-order valence-electron chi connectivity index (χ1n) is 6.16. The molecule has 0 bridgehead atoms. The lowest BCUT2D eigenvalue weighted by Gasteiger charge is -2.03. The molecule has 0 radical (unpaired) electrons. The third-order valence-electron chi connectivity index (χ3n) is 2.28. The highest BCUT2D eigenvalue weighted by Gasteiger charge is 1.92. The van der Waals surface area contributed by atoms with Crippen molar-refractivity contribution in [3.8, 4) is 16.7 Å². The zero-order valence-electron chi connectivity index (χ0n) is 11.1. The van der Waals surface area contributed by atoms with Crippen LogP contribution in [0.5, 0.6) is 16.7 Å². The summed E-state index contributed by atoms with van der Waals surface area (Å²) in [4.78, 5) is 13.3. The molecule has 1 heterocycles. The smallest absolute Gasteiger partial charge is 0.300 e. The topological polar surface area (TPSA) is 48.4 Å². The van der Waals surface area contributed by atoms with E-state index in [2.05, 4.69) is 9.72 Å². The Bertz CT molecular complexity index is 590. The predicted octanol–water partition coefficient (Wildman–Crippen LogP) is 4.16. The van der Waals surface area contributed by atoms with Gasteiger partial charge in [0.1, 0.15) is 11.5 Å². The van der Waals surface area contributed by atoms with Crippen LogP contribution in [-0.2, 0) is 4.79 Å². The fourth-order valence-electron chi connectivity index (χ4n) is 1.42. The van der Waals surface area contributed by atoms with E-state index in [1.807, 2.05) is 60.7 Å². The fourth-order valence-corrected chi connectivity index (χ4v) is 1.88. The molecule has 0 aliphatic rings. The molecular weight excluding hydrogens is 286 g/mol. The van der Waals surface area contributed by atoms with Crippen LogP contribution in [0.25, 0.3) is 0 Å². The van der Waals surface area contributed by atoms with Crippen molar-refractivity contribution in [2.24, 2.45) is 0 Å². The van der Waals surface area contributed by atoms with Gasteiger partial charge in [-0.05, 0) is 24.3 Å². The van der Waals surface area contributed by atoms with Crippen LogP contribution < -0.4 is 9.47 Å². The van der Waals surface area contributed by atoms with Crippen LogP contribution in [0, 0.1) is 0 Å². The van der Waals surface area contributed by atoms with Crippen molar-refractivity contribution in [3.63, 3.8) is 0 Å². The van der Waals surface area contributed by atoms with Gasteiger partial charge in [0.05, 0.1) is 0 Å². The quantitative estimate of drug-likeness (QED) is 0.679. The maximum absolute atomic E-state index is 9.62. The lowest BCUT2D eigenvalue weighted by Crippen LogP contribution is -1.85. The molecule has 1 aromatic heterocycles. The van der Waals surface area contributed by atoms with Crippen LogP contribution in [0.2, 0.25) is 0 Å². The van der Waals surface area contributed by atoms with E-state index >= 15 is 0 Å². The summed E-state index contributed by atoms with van der Waals surface area (Å²) in [5.41, 5.74) is 0. The summed E-state index contributed by atoms with van der Waals surface area (Å²) in [7, 11) is 0.